The number of aromatic nitrogens is 1. The summed E-state index contributed by atoms with van der Waals surface area (Å²) in [6, 6.07) is 1.39. The normalized spacial score (nSPS) is 35.8. The number of nitrogens with one attached hydrogen (secondary N) is 1. The maximum absolute atomic E-state index is 4.55. The van der Waals surface area contributed by atoms with Crippen molar-refractivity contribution in [2.75, 3.05) is 13.6 Å². The van der Waals surface area contributed by atoms with Crippen LogP contribution in [-0.2, 0) is 5.54 Å². The predicted octanol–water partition coefficient (Wildman–Crippen LogP) is 1.81. The fourth-order valence-corrected chi connectivity index (χ4v) is 3.51. The van der Waals surface area contributed by atoms with Gasteiger partial charge in [0.1, 0.15) is 5.01 Å². The first-order valence-electron chi connectivity index (χ1n) is 6.07. The Morgan fingerprint density at radius 1 is 1.56 bits per heavy atom. The lowest BCUT2D eigenvalue weighted by Crippen LogP contribution is -2.45. The summed E-state index contributed by atoms with van der Waals surface area (Å²) < 4.78 is 0. The van der Waals surface area contributed by atoms with Crippen molar-refractivity contribution in [1.82, 2.24) is 15.2 Å². The molecule has 0 bridgehead atoms. The predicted molar refractivity (Wildman–Crippen MR) is 66.7 cm³/mol. The summed E-state index contributed by atoms with van der Waals surface area (Å²) in [5, 5.41) is 7.20. The first-order valence-corrected chi connectivity index (χ1v) is 6.95. The first kappa shape index (κ1) is 10.7. The Labute approximate surface area is 101 Å². The number of hydrogen-bond donors (Lipinski definition) is 1. The molecule has 3 rings (SSSR count). The highest BCUT2D eigenvalue weighted by Gasteiger charge is 2.46. The minimum Gasteiger partial charge on any atom is -0.301 e. The van der Waals surface area contributed by atoms with E-state index in [0.717, 1.165) is 12.6 Å². The number of likely N-dealkylation sites (N-methyl/N-ethyl adjacent to an activating group) is 1. The summed E-state index contributed by atoms with van der Waals surface area (Å²) in [6.07, 6.45) is 5.79. The van der Waals surface area contributed by atoms with E-state index in [1.54, 1.807) is 11.3 Å². The Morgan fingerprint density at radius 2 is 2.38 bits per heavy atom. The van der Waals surface area contributed by atoms with Gasteiger partial charge in [-0.25, -0.2) is 4.98 Å². The van der Waals surface area contributed by atoms with Gasteiger partial charge in [0.25, 0.3) is 0 Å². The minimum atomic E-state index is 0.128. The van der Waals surface area contributed by atoms with Crippen molar-refractivity contribution < 1.29 is 0 Å². The molecular formula is C12H19N3S. The van der Waals surface area contributed by atoms with E-state index in [4.69, 9.17) is 0 Å². The molecule has 2 fully saturated rings. The summed E-state index contributed by atoms with van der Waals surface area (Å²) in [7, 11) is 2.22. The Kier molecular flexibility index (Phi) is 2.53. The molecule has 1 saturated heterocycles. The van der Waals surface area contributed by atoms with Crippen LogP contribution in [0.4, 0.5) is 0 Å². The van der Waals surface area contributed by atoms with Crippen molar-refractivity contribution in [2.45, 2.75) is 43.8 Å². The second kappa shape index (κ2) is 3.79. The molecular weight excluding hydrogens is 218 g/mol. The molecule has 1 aliphatic heterocycles. The number of hydrogen-bond acceptors (Lipinski definition) is 4. The molecule has 1 aromatic heterocycles. The van der Waals surface area contributed by atoms with Crippen molar-refractivity contribution in [3.63, 3.8) is 0 Å². The van der Waals surface area contributed by atoms with Crippen molar-refractivity contribution in [1.29, 1.82) is 0 Å². The van der Waals surface area contributed by atoms with E-state index in [2.05, 4.69) is 34.6 Å². The van der Waals surface area contributed by atoms with E-state index in [1.165, 1.54) is 24.3 Å². The van der Waals surface area contributed by atoms with Crippen LogP contribution in [-0.4, -0.2) is 35.6 Å². The molecule has 0 aromatic carbocycles. The van der Waals surface area contributed by atoms with Gasteiger partial charge in [-0.3, -0.25) is 0 Å². The average molecular weight is 237 g/mol. The molecule has 2 atom stereocenters. The Morgan fingerprint density at radius 3 is 2.88 bits per heavy atom. The monoisotopic (exact) mass is 237 g/mol. The molecule has 4 heteroatoms. The molecule has 1 N–H and O–H groups in total. The highest BCUT2D eigenvalue weighted by molar-refractivity contribution is 7.09. The van der Waals surface area contributed by atoms with E-state index in [0.29, 0.717) is 6.04 Å². The largest absolute Gasteiger partial charge is 0.301 e. The zero-order chi connectivity index (χ0) is 11.2. The first-order chi connectivity index (χ1) is 7.70. The van der Waals surface area contributed by atoms with E-state index < -0.39 is 0 Å². The second-order valence-corrected chi connectivity index (χ2v) is 6.20. The molecule has 1 aromatic rings. The van der Waals surface area contributed by atoms with E-state index >= 15 is 0 Å². The van der Waals surface area contributed by atoms with Crippen LogP contribution in [0.5, 0.6) is 0 Å². The molecule has 1 aliphatic carbocycles. The third-order valence-electron chi connectivity index (χ3n) is 3.82. The van der Waals surface area contributed by atoms with E-state index in [-0.39, 0.29) is 5.54 Å². The highest BCUT2D eigenvalue weighted by atomic mass is 32.1. The van der Waals surface area contributed by atoms with Gasteiger partial charge in [0.05, 0.1) is 5.54 Å². The van der Waals surface area contributed by atoms with Gasteiger partial charge in [0.2, 0.25) is 0 Å². The highest BCUT2D eigenvalue weighted by Crippen LogP contribution is 2.38. The van der Waals surface area contributed by atoms with Crippen molar-refractivity contribution >= 4 is 11.3 Å². The van der Waals surface area contributed by atoms with Gasteiger partial charge in [-0.1, -0.05) is 0 Å². The fraction of sp³-hybridized carbons (Fsp3) is 0.750. The maximum atomic E-state index is 4.55. The number of likely N-dealkylation sites (tertiary alicyclic amines) is 1. The number of nitrogens with zero attached hydrogens (tertiary/aromatic N) is 2. The van der Waals surface area contributed by atoms with E-state index in [1.807, 2.05) is 6.20 Å². The molecule has 0 spiro atoms. The number of thiazole rings is 1. The van der Waals surface area contributed by atoms with Gasteiger partial charge in [0, 0.05) is 30.2 Å². The van der Waals surface area contributed by atoms with Crippen LogP contribution < -0.4 is 5.32 Å². The van der Waals surface area contributed by atoms with Crippen molar-refractivity contribution in [3.8, 4) is 0 Å². The zero-order valence-corrected chi connectivity index (χ0v) is 10.8. The minimum absolute atomic E-state index is 0.128. The lowest BCUT2D eigenvalue weighted by molar-refractivity contribution is 0.297. The second-order valence-electron chi connectivity index (χ2n) is 5.31. The molecule has 0 amide bonds. The van der Waals surface area contributed by atoms with Crippen molar-refractivity contribution in [3.05, 3.63) is 16.6 Å². The summed E-state index contributed by atoms with van der Waals surface area (Å²) in [4.78, 5) is 6.99. The van der Waals surface area contributed by atoms with Gasteiger partial charge in [0.15, 0.2) is 0 Å². The summed E-state index contributed by atoms with van der Waals surface area (Å²) in [5.41, 5.74) is 0.128. The standard InChI is InChI=1S/C12H19N3S/c1-9-7-12(8-15(9)2,14-10-3-4-10)11-13-5-6-16-11/h5-6,9-10,14H,3-4,7-8H2,1-2H3. The molecule has 88 valence electrons. The molecule has 2 heterocycles. The maximum Gasteiger partial charge on any atom is 0.114 e. The summed E-state index contributed by atoms with van der Waals surface area (Å²) in [5.74, 6) is 0. The topological polar surface area (TPSA) is 28.2 Å². The van der Waals surface area contributed by atoms with Gasteiger partial charge in [-0.15, -0.1) is 11.3 Å². The third kappa shape index (κ3) is 1.79. The van der Waals surface area contributed by atoms with E-state index in [9.17, 15) is 0 Å². The fourth-order valence-electron chi connectivity index (χ4n) is 2.71. The quantitative estimate of drug-likeness (QED) is 0.869. The van der Waals surface area contributed by atoms with Crippen LogP contribution in [0, 0.1) is 0 Å². The summed E-state index contributed by atoms with van der Waals surface area (Å²) >= 11 is 1.79. The molecule has 3 nitrogen and oxygen atoms in total. The van der Waals surface area contributed by atoms with Gasteiger partial charge >= 0.3 is 0 Å². The van der Waals surface area contributed by atoms with Crippen molar-refractivity contribution in [2.24, 2.45) is 0 Å². The lowest BCUT2D eigenvalue weighted by atomic mass is 9.97. The van der Waals surface area contributed by atoms with Crippen LogP contribution in [0.2, 0.25) is 0 Å². The molecule has 2 unspecified atom stereocenters. The van der Waals surface area contributed by atoms with Crippen LogP contribution in [0.25, 0.3) is 0 Å². The van der Waals surface area contributed by atoms with Crippen LogP contribution >= 0.6 is 11.3 Å². The van der Waals surface area contributed by atoms with Gasteiger partial charge in [-0.05, 0) is 33.2 Å². The molecule has 2 aliphatic rings. The van der Waals surface area contributed by atoms with Crippen LogP contribution in [0.15, 0.2) is 11.6 Å². The third-order valence-corrected chi connectivity index (χ3v) is 4.79. The Bertz CT molecular complexity index is 343. The molecule has 0 radical (unpaired) electrons. The average Bonchev–Trinajstić information content (AvgIpc) is 2.80. The zero-order valence-electron chi connectivity index (χ0n) is 9.94. The van der Waals surface area contributed by atoms with Crippen LogP contribution in [0.1, 0.15) is 31.2 Å². The van der Waals surface area contributed by atoms with Gasteiger partial charge in [-0.2, -0.15) is 0 Å². The van der Waals surface area contributed by atoms with Crippen LogP contribution in [0.3, 0.4) is 0 Å². The Balaban J connectivity index is 1.88. The lowest BCUT2D eigenvalue weighted by Gasteiger charge is -2.28. The van der Waals surface area contributed by atoms with Gasteiger partial charge < -0.3 is 10.2 Å². The smallest absolute Gasteiger partial charge is 0.114 e. The Hall–Kier alpha value is -0.450. The number of rotatable bonds is 3. The molecule has 1 saturated carbocycles. The summed E-state index contributed by atoms with van der Waals surface area (Å²) in [6.45, 7) is 3.40. The SMILES string of the molecule is CC1CC(NC2CC2)(c2nccs2)CN1C. The molecule has 16 heavy (non-hydrogen) atoms.